The zero-order chi connectivity index (χ0) is 28.4. The molecule has 4 saturated carbocycles. The third-order valence-corrected chi connectivity index (χ3v) is 12.6. The van der Waals surface area contributed by atoms with E-state index in [4.69, 9.17) is 23.7 Å². The maximum Gasteiger partial charge on any atom is 0.331 e. The summed E-state index contributed by atoms with van der Waals surface area (Å²) in [5.74, 6) is 1.18. The second-order valence-corrected chi connectivity index (χ2v) is 13.9. The van der Waals surface area contributed by atoms with Crippen LogP contribution >= 0.6 is 0 Å². The molecule has 9 nitrogen and oxygen atoms in total. The van der Waals surface area contributed by atoms with Gasteiger partial charge in [0.1, 0.15) is 31.0 Å². The molecule has 2 aliphatic heterocycles. The monoisotopic (exact) mass is 564 g/mol. The third kappa shape index (κ3) is 4.25. The first-order chi connectivity index (χ1) is 19.1. The second-order valence-electron chi connectivity index (χ2n) is 13.9. The molecule has 6 aliphatic rings. The molecule has 226 valence electrons. The van der Waals surface area contributed by atoms with Crippen LogP contribution in [-0.2, 0) is 28.5 Å². The molecule has 0 bridgehead atoms. The predicted molar refractivity (Wildman–Crippen MR) is 144 cm³/mol. The van der Waals surface area contributed by atoms with Crippen molar-refractivity contribution in [3.63, 3.8) is 0 Å². The summed E-state index contributed by atoms with van der Waals surface area (Å²) >= 11 is 0. The van der Waals surface area contributed by atoms with E-state index in [1.165, 1.54) is 7.11 Å². The molecule has 0 spiro atoms. The topological polar surface area (TPSA) is 124 Å². The zero-order valence-electron chi connectivity index (χ0n) is 24.4. The number of esters is 1. The van der Waals surface area contributed by atoms with Crippen molar-refractivity contribution in [2.45, 2.75) is 114 Å². The van der Waals surface area contributed by atoms with E-state index in [0.717, 1.165) is 63.4 Å². The van der Waals surface area contributed by atoms with Crippen molar-refractivity contribution in [1.29, 1.82) is 0 Å². The molecule has 0 amide bonds. The Balaban J connectivity index is 1.16. The number of ether oxygens (including phenoxy) is 5. The molecule has 6 rings (SSSR count). The van der Waals surface area contributed by atoms with Crippen LogP contribution in [0.5, 0.6) is 0 Å². The van der Waals surface area contributed by atoms with Crippen molar-refractivity contribution in [2.24, 2.45) is 34.5 Å². The highest BCUT2D eigenvalue weighted by Gasteiger charge is 2.67. The fraction of sp³-hybridized carbons (Fsp3) is 0.903. The van der Waals surface area contributed by atoms with Crippen molar-refractivity contribution in [1.82, 2.24) is 0 Å². The van der Waals surface area contributed by atoms with E-state index in [-0.39, 0.29) is 41.3 Å². The van der Waals surface area contributed by atoms with E-state index in [0.29, 0.717) is 18.4 Å². The fourth-order valence-electron chi connectivity index (χ4n) is 10.4. The van der Waals surface area contributed by atoms with Crippen LogP contribution in [0.3, 0.4) is 0 Å². The van der Waals surface area contributed by atoms with Gasteiger partial charge in [-0.2, -0.15) is 0 Å². The molecule has 0 radical (unpaired) electrons. The Morgan fingerprint density at radius 1 is 1.00 bits per heavy atom. The van der Waals surface area contributed by atoms with Crippen LogP contribution < -0.4 is 0 Å². The molecule has 0 unspecified atom stereocenters. The van der Waals surface area contributed by atoms with Crippen LogP contribution in [0.2, 0.25) is 0 Å². The van der Waals surface area contributed by atoms with Crippen LogP contribution in [0.4, 0.5) is 0 Å². The molecule has 4 aliphatic carbocycles. The Morgan fingerprint density at radius 2 is 1.77 bits per heavy atom. The van der Waals surface area contributed by atoms with Gasteiger partial charge in [-0.15, -0.1) is 0 Å². The summed E-state index contributed by atoms with van der Waals surface area (Å²) < 4.78 is 28.9. The molecule has 2 heterocycles. The van der Waals surface area contributed by atoms with Crippen LogP contribution in [0.15, 0.2) is 11.6 Å². The highest BCUT2D eigenvalue weighted by Crippen LogP contribution is 2.70. The van der Waals surface area contributed by atoms with Gasteiger partial charge in [0, 0.05) is 25.7 Å². The van der Waals surface area contributed by atoms with Crippen LogP contribution in [0, 0.1) is 34.5 Å². The van der Waals surface area contributed by atoms with Crippen molar-refractivity contribution in [3.8, 4) is 0 Å². The number of fused-ring (bicyclic) bond motifs is 5. The minimum atomic E-state index is -0.999. The summed E-state index contributed by atoms with van der Waals surface area (Å²) in [7, 11) is 3.08. The van der Waals surface area contributed by atoms with E-state index < -0.39 is 36.3 Å². The summed E-state index contributed by atoms with van der Waals surface area (Å²) in [6.07, 6.45) is 6.59. The lowest BCUT2D eigenvalue weighted by molar-refractivity contribution is -0.323. The molecule has 0 aromatic carbocycles. The molecule has 40 heavy (non-hydrogen) atoms. The highest BCUT2D eigenvalue weighted by molar-refractivity contribution is 5.85. The summed E-state index contributed by atoms with van der Waals surface area (Å²) in [6.45, 7) is 4.77. The first kappa shape index (κ1) is 29.0. The first-order valence-corrected chi connectivity index (χ1v) is 15.3. The molecule has 3 N–H and O–H groups in total. The second kappa shape index (κ2) is 10.6. The van der Waals surface area contributed by atoms with Gasteiger partial charge < -0.3 is 39.0 Å². The van der Waals surface area contributed by atoms with Crippen molar-refractivity contribution in [3.05, 3.63) is 11.6 Å². The molecule has 0 aromatic heterocycles. The average molecular weight is 565 g/mol. The molecular formula is C31H48O9. The number of aliphatic hydroxyl groups is 3. The maximum atomic E-state index is 12.4. The molecule has 9 heteroatoms. The SMILES string of the molecule is CO[C@@H]1[C@@H](O)[C@@H](CO)O[C@@H](O[C@H]2CC[C@@]3(C)[C@H](CC[C@H]4[C@H]3CC[C@]3(C)[C@@H](C5=CC(=O)OC5)CC[C@]43O)C2)[C@@H]1OC. The van der Waals surface area contributed by atoms with E-state index >= 15 is 0 Å². The predicted octanol–water partition coefficient (Wildman–Crippen LogP) is 2.74. The number of cyclic esters (lactones) is 1. The third-order valence-electron chi connectivity index (χ3n) is 12.6. The molecule has 5 fully saturated rings. The van der Waals surface area contributed by atoms with E-state index in [2.05, 4.69) is 13.8 Å². The highest BCUT2D eigenvalue weighted by atomic mass is 16.7. The van der Waals surface area contributed by atoms with Gasteiger partial charge in [0.15, 0.2) is 6.29 Å². The largest absolute Gasteiger partial charge is 0.458 e. The van der Waals surface area contributed by atoms with Crippen LogP contribution in [0.25, 0.3) is 0 Å². The molecule has 13 atom stereocenters. The van der Waals surface area contributed by atoms with Gasteiger partial charge in [0.05, 0.1) is 18.3 Å². The maximum absolute atomic E-state index is 12.4. The standard InChI is InChI=1S/C31H48O9/c1-29-10-7-19(39-28-27(37-4)26(36-3)25(34)23(15-32)40-28)14-18(29)5-6-22-21(29)8-11-30(2)20(9-12-31(22,30)35)17-13-24(33)38-16-17/h13,18-23,25-28,32,34-35H,5-12,14-16H2,1-4H3/t18-,19+,20-,21-,22+,23-,25+,26-,27-,28-,29+,30-,31+/m1/s1. The molecule has 0 aromatic rings. The quantitative estimate of drug-likeness (QED) is 0.330. The Labute approximate surface area is 237 Å². The number of methoxy groups -OCH3 is 2. The summed E-state index contributed by atoms with van der Waals surface area (Å²) in [6, 6.07) is 0. The summed E-state index contributed by atoms with van der Waals surface area (Å²) in [5.41, 5.74) is 0.267. The summed E-state index contributed by atoms with van der Waals surface area (Å²) in [5, 5.41) is 32.8. The van der Waals surface area contributed by atoms with Crippen molar-refractivity contribution < 1.29 is 43.8 Å². The van der Waals surface area contributed by atoms with Gasteiger partial charge in [-0.05, 0) is 92.4 Å². The smallest absolute Gasteiger partial charge is 0.331 e. The Kier molecular flexibility index (Phi) is 7.68. The van der Waals surface area contributed by atoms with Crippen molar-refractivity contribution in [2.75, 3.05) is 27.4 Å². The number of hydrogen-bond acceptors (Lipinski definition) is 9. The normalized spacial score (nSPS) is 52.4. The fourth-order valence-corrected chi connectivity index (χ4v) is 10.4. The number of hydrogen-bond donors (Lipinski definition) is 3. The molecule has 1 saturated heterocycles. The van der Waals surface area contributed by atoms with Gasteiger partial charge in [-0.3, -0.25) is 0 Å². The van der Waals surface area contributed by atoms with Gasteiger partial charge in [0.25, 0.3) is 0 Å². The van der Waals surface area contributed by atoms with E-state index in [1.807, 2.05) is 0 Å². The number of rotatable bonds is 6. The summed E-state index contributed by atoms with van der Waals surface area (Å²) in [4.78, 5) is 11.8. The lowest BCUT2D eigenvalue weighted by Crippen LogP contribution is -2.63. The average Bonchev–Trinajstić information content (AvgIpc) is 3.48. The van der Waals surface area contributed by atoms with Gasteiger partial charge in [-0.25, -0.2) is 4.79 Å². The van der Waals surface area contributed by atoms with Crippen LogP contribution in [-0.4, -0.2) is 91.1 Å². The lowest BCUT2D eigenvalue weighted by atomic mass is 9.43. The minimum absolute atomic E-state index is 0.0102. The van der Waals surface area contributed by atoms with E-state index in [9.17, 15) is 20.1 Å². The van der Waals surface area contributed by atoms with Gasteiger partial charge in [0.2, 0.25) is 0 Å². The Morgan fingerprint density at radius 3 is 2.45 bits per heavy atom. The lowest BCUT2D eigenvalue weighted by Gasteiger charge is -2.64. The van der Waals surface area contributed by atoms with Crippen LogP contribution in [0.1, 0.15) is 71.6 Å². The number of carbonyl (C=O) groups is 1. The zero-order valence-corrected chi connectivity index (χ0v) is 24.4. The first-order valence-electron chi connectivity index (χ1n) is 15.3. The Hall–Kier alpha value is -1.07. The number of carbonyl (C=O) groups excluding carboxylic acids is 1. The minimum Gasteiger partial charge on any atom is -0.458 e. The van der Waals surface area contributed by atoms with Gasteiger partial charge >= 0.3 is 5.97 Å². The van der Waals surface area contributed by atoms with Crippen molar-refractivity contribution >= 4 is 5.97 Å². The van der Waals surface area contributed by atoms with E-state index in [1.54, 1.807) is 13.2 Å². The molecular weight excluding hydrogens is 516 g/mol. The Bertz CT molecular complexity index is 1000. The number of aliphatic hydroxyl groups excluding tert-OH is 2. The van der Waals surface area contributed by atoms with Gasteiger partial charge in [-0.1, -0.05) is 13.8 Å².